The summed E-state index contributed by atoms with van der Waals surface area (Å²) < 4.78 is 13.4. The Morgan fingerprint density at radius 1 is 1.20 bits per heavy atom. The van der Waals surface area contributed by atoms with Crippen LogP contribution in [0.1, 0.15) is 5.56 Å². The van der Waals surface area contributed by atoms with Crippen LogP contribution in [0, 0.1) is 12.7 Å². The van der Waals surface area contributed by atoms with Crippen LogP contribution in [0.3, 0.4) is 0 Å². The van der Waals surface area contributed by atoms with E-state index in [-0.39, 0.29) is 18.3 Å². The van der Waals surface area contributed by atoms with Gasteiger partial charge in [0.1, 0.15) is 5.82 Å². The lowest BCUT2D eigenvalue weighted by Gasteiger charge is -2.18. The summed E-state index contributed by atoms with van der Waals surface area (Å²) in [6.45, 7) is 1.89. The van der Waals surface area contributed by atoms with E-state index in [1.165, 1.54) is 6.07 Å². The van der Waals surface area contributed by atoms with Crippen LogP contribution in [0.5, 0.6) is 0 Å². The highest BCUT2D eigenvalue weighted by molar-refractivity contribution is 5.94. The summed E-state index contributed by atoms with van der Waals surface area (Å²) in [6, 6.07) is 14.3. The van der Waals surface area contributed by atoms with Gasteiger partial charge < -0.3 is 10.2 Å². The van der Waals surface area contributed by atoms with Gasteiger partial charge in [0.15, 0.2) is 0 Å². The molecule has 0 bridgehead atoms. The minimum absolute atomic E-state index is 0.181. The van der Waals surface area contributed by atoms with Crippen molar-refractivity contribution in [3.63, 3.8) is 0 Å². The van der Waals surface area contributed by atoms with Crippen molar-refractivity contribution in [3.05, 3.63) is 59.9 Å². The fraction of sp³-hybridized carbons (Fsp3) is 0.188. The van der Waals surface area contributed by atoms with Crippen LogP contribution in [0.15, 0.2) is 48.5 Å². The van der Waals surface area contributed by atoms with E-state index in [9.17, 15) is 9.18 Å². The second kappa shape index (κ2) is 6.19. The number of aryl methyl sites for hydroxylation is 1. The third-order valence-corrected chi connectivity index (χ3v) is 3.03. The first-order chi connectivity index (χ1) is 9.56. The lowest BCUT2D eigenvalue weighted by molar-refractivity contribution is -0.114. The first-order valence-electron chi connectivity index (χ1n) is 6.38. The minimum Gasteiger partial charge on any atom is -0.365 e. The maximum absolute atomic E-state index is 13.4. The number of amides is 1. The first kappa shape index (κ1) is 14.1. The van der Waals surface area contributed by atoms with Crippen LogP contribution in [-0.4, -0.2) is 19.5 Å². The van der Waals surface area contributed by atoms with Crippen molar-refractivity contribution in [2.45, 2.75) is 6.92 Å². The van der Waals surface area contributed by atoms with Crippen LogP contribution < -0.4 is 10.2 Å². The number of carbonyl (C=O) groups excluding carboxylic acids is 1. The SMILES string of the molecule is Cc1ccc(NC(=O)CN(C)c2ccccc2)cc1F. The van der Waals surface area contributed by atoms with E-state index in [4.69, 9.17) is 0 Å². The summed E-state index contributed by atoms with van der Waals surface area (Å²) >= 11 is 0. The van der Waals surface area contributed by atoms with E-state index >= 15 is 0 Å². The molecule has 3 nitrogen and oxygen atoms in total. The van der Waals surface area contributed by atoms with Crippen LogP contribution >= 0.6 is 0 Å². The normalized spacial score (nSPS) is 10.2. The number of hydrogen-bond acceptors (Lipinski definition) is 2. The van der Waals surface area contributed by atoms with Crippen molar-refractivity contribution >= 4 is 17.3 Å². The molecule has 104 valence electrons. The highest BCUT2D eigenvalue weighted by Crippen LogP contribution is 2.14. The summed E-state index contributed by atoms with van der Waals surface area (Å²) in [6.07, 6.45) is 0. The molecule has 0 atom stereocenters. The molecule has 1 N–H and O–H groups in total. The lowest BCUT2D eigenvalue weighted by atomic mass is 10.2. The van der Waals surface area contributed by atoms with Crippen LogP contribution in [-0.2, 0) is 4.79 Å². The van der Waals surface area contributed by atoms with Crippen molar-refractivity contribution in [2.75, 3.05) is 23.8 Å². The monoisotopic (exact) mass is 272 g/mol. The molecule has 4 heteroatoms. The van der Waals surface area contributed by atoms with Crippen LogP contribution in [0.4, 0.5) is 15.8 Å². The quantitative estimate of drug-likeness (QED) is 0.927. The first-order valence-corrected chi connectivity index (χ1v) is 6.38. The van der Waals surface area contributed by atoms with Crippen molar-refractivity contribution in [1.82, 2.24) is 0 Å². The standard InChI is InChI=1S/C16H17FN2O/c1-12-8-9-13(10-15(12)17)18-16(20)11-19(2)14-6-4-3-5-7-14/h3-10H,11H2,1-2H3,(H,18,20). The molecule has 0 saturated heterocycles. The minimum atomic E-state index is -0.320. The summed E-state index contributed by atoms with van der Waals surface area (Å²) in [4.78, 5) is 13.8. The molecule has 0 heterocycles. The number of benzene rings is 2. The molecule has 0 aliphatic carbocycles. The Balaban J connectivity index is 1.97. The van der Waals surface area contributed by atoms with Gasteiger partial charge in [-0.1, -0.05) is 24.3 Å². The average Bonchev–Trinajstić information content (AvgIpc) is 2.44. The molecule has 0 radical (unpaired) electrons. The van der Waals surface area contributed by atoms with E-state index in [0.29, 0.717) is 11.3 Å². The molecule has 0 aliphatic heterocycles. The molecule has 1 amide bonds. The predicted molar refractivity (Wildman–Crippen MR) is 79.5 cm³/mol. The maximum Gasteiger partial charge on any atom is 0.243 e. The van der Waals surface area contributed by atoms with E-state index in [1.54, 1.807) is 19.1 Å². The van der Waals surface area contributed by atoms with E-state index in [2.05, 4.69) is 5.32 Å². The van der Waals surface area contributed by atoms with Gasteiger partial charge in [0.25, 0.3) is 0 Å². The van der Waals surface area contributed by atoms with Gasteiger partial charge in [-0.3, -0.25) is 4.79 Å². The van der Waals surface area contributed by atoms with Gasteiger partial charge in [0.05, 0.1) is 6.54 Å². The molecule has 0 spiro atoms. The van der Waals surface area contributed by atoms with E-state index in [1.807, 2.05) is 42.3 Å². The number of rotatable bonds is 4. The van der Waals surface area contributed by atoms with Crippen molar-refractivity contribution in [1.29, 1.82) is 0 Å². The molecular weight excluding hydrogens is 255 g/mol. The van der Waals surface area contributed by atoms with Crippen molar-refractivity contribution in [3.8, 4) is 0 Å². The van der Waals surface area contributed by atoms with Crippen molar-refractivity contribution < 1.29 is 9.18 Å². The van der Waals surface area contributed by atoms with E-state index in [0.717, 1.165) is 5.69 Å². The summed E-state index contributed by atoms with van der Waals surface area (Å²) in [5.41, 5.74) is 1.99. The summed E-state index contributed by atoms with van der Waals surface area (Å²) in [5, 5.41) is 2.69. The zero-order chi connectivity index (χ0) is 14.5. The zero-order valence-electron chi connectivity index (χ0n) is 11.6. The molecule has 0 saturated carbocycles. The second-order valence-corrected chi connectivity index (χ2v) is 4.70. The molecule has 20 heavy (non-hydrogen) atoms. The van der Waals surface area contributed by atoms with Gasteiger partial charge in [0, 0.05) is 18.4 Å². The number of hydrogen-bond donors (Lipinski definition) is 1. The van der Waals surface area contributed by atoms with Gasteiger partial charge in [-0.05, 0) is 36.8 Å². The number of likely N-dealkylation sites (N-methyl/N-ethyl adjacent to an activating group) is 1. The van der Waals surface area contributed by atoms with E-state index < -0.39 is 0 Å². The number of para-hydroxylation sites is 1. The summed E-state index contributed by atoms with van der Waals surface area (Å²) in [5.74, 6) is -0.501. The number of halogens is 1. The zero-order valence-corrected chi connectivity index (χ0v) is 11.6. The maximum atomic E-state index is 13.4. The Labute approximate surface area is 118 Å². The average molecular weight is 272 g/mol. The van der Waals surface area contributed by atoms with Gasteiger partial charge in [-0.25, -0.2) is 4.39 Å². The molecular formula is C16H17FN2O. The molecule has 0 unspecified atom stereocenters. The summed E-state index contributed by atoms with van der Waals surface area (Å²) in [7, 11) is 1.84. The Bertz CT molecular complexity index is 599. The van der Waals surface area contributed by atoms with Crippen LogP contribution in [0.25, 0.3) is 0 Å². The molecule has 0 aliphatic rings. The third kappa shape index (κ3) is 3.57. The Hall–Kier alpha value is -2.36. The Morgan fingerprint density at radius 2 is 1.90 bits per heavy atom. The van der Waals surface area contributed by atoms with Gasteiger partial charge in [-0.2, -0.15) is 0 Å². The topological polar surface area (TPSA) is 32.3 Å². The highest BCUT2D eigenvalue weighted by atomic mass is 19.1. The third-order valence-electron chi connectivity index (χ3n) is 3.03. The highest BCUT2D eigenvalue weighted by Gasteiger charge is 2.08. The molecule has 0 aromatic heterocycles. The molecule has 2 aromatic carbocycles. The fourth-order valence-corrected chi connectivity index (χ4v) is 1.86. The second-order valence-electron chi connectivity index (χ2n) is 4.70. The smallest absolute Gasteiger partial charge is 0.243 e. The van der Waals surface area contributed by atoms with Gasteiger partial charge in [0.2, 0.25) is 5.91 Å². The van der Waals surface area contributed by atoms with Crippen LogP contribution in [0.2, 0.25) is 0 Å². The Morgan fingerprint density at radius 3 is 2.55 bits per heavy atom. The molecule has 2 aromatic rings. The van der Waals surface area contributed by atoms with Gasteiger partial charge >= 0.3 is 0 Å². The predicted octanol–water partition coefficient (Wildman–Crippen LogP) is 3.21. The number of anilines is 2. The number of carbonyl (C=O) groups is 1. The number of nitrogens with zero attached hydrogens (tertiary/aromatic N) is 1. The number of nitrogens with one attached hydrogen (secondary N) is 1. The van der Waals surface area contributed by atoms with Gasteiger partial charge in [-0.15, -0.1) is 0 Å². The molecule has 2 rings (SSSR count). The molecule has 0 fully saturated rings. The fourth-order valence-electron chi connectivity index (χ4n) is 1.86. The lowest BCUT2D eigenvalue weighted by Crippen LogP contribution is -2.30. The Kier molecular flexibility index (Phi) is 4.35. The van der Waals surface area contributed by atoms with Crippen molar-refractivity contribution in [2.24, 2.45) is 0 Å². The largest absolute Gasteiger partial charge is 0.365 e.